The fourth-order valence-corrected chi connectivity index (χ4v) is 4.61. The zero-order valence-electron chi connectivity index (χ0n) is 19.9. The molecule has 37 heavy (non-hydrogen) atoms. The van der Waals surface area contributed by atoms with E-state index in [-0.39, 0.29) is 36.7 Å². The van der Waals surface area contributed by atoms with E-state index in [2.05, 4.69) is 0 Å². The van der Waals surface area contributed by atoms with Crippen LogP contribution < -0.4 is 15.4 Å². The minimum Gasteiger partial charge on any atom is -0.508 e. The summed E-state index contributed by atoms with van der Waals surface area (Å²) >= 11 is 0. The van der Waals surface area contributed by atoms with Gasteiger partial charge in [-0.3, -0.25) is 19.7 Å². The Balaban J connectivity index is 0.00000156. The number of aromatic hydroxyl groups is 1. The van der Waals surface area contributed by atoms with Gasteiger partial charge in [0.2, 0.25) is 5.91 Å². The van der Waals surface area contributed by atoms with Gasteiger partial charge >= 0.3 is 0 Å². The van der Waals surface area contributed by atoms with Crippen molar-refractivity contribution < 1.29 is 33.9 Å². The van der Waals surface area contributed by atoms with Gasteiger partial charge in [0.25, 0.3) is 5.69 Å². The topological polar surface area (TPSA) is 169 Å². The summed E-state index contributed by atoms with van der Waals surface area (Å²) in [5, 5.41) is 29.8. The number of aliphatic hydroxyl groups is 1. The number of hydrogen-bond donors (Lipinski definition) is 3. The van der Waals surface area contributed by atoms with Gasteiger partial charge in [-0.25, -0.2) is 0 Å². The molecule has 0 saturated heterocycles. The Labute approximate surface area is 210 Å². The highest BCUT2D eigenvalue weighted by atomic mass is 16.6. The van der Waals surface area contributed by atoms with E-state index in [1.165, 1.54) is 23.1 Å². The van der Waals surface area contributed by atoms with Crippen LogP contribution in [-0.4, -0.2) is 53.6 Å². The lowest BCUT2D eigenvalue weighted by Crippen LogP contribution is -2.44. The van der Waals surface area contributed by atoms with E-state index in [0.29, 0.717) is 46.0 Å². The Morgan fingerprint density at radius 3 is 2.62 bits per heavy atom. The molecule has 0 aliphatic carbocycles. The van der Waals surface area contributed by atoms with Gasteiger partial charge in [0.15, 0.2) is 6.29 Å². The van der Waals surface area contributed by atoms with Crippen molar-refractivity contribution in [1.82, 2.24) is 0 Å². The molecule has 1 unspecified atom stereocenters. The van der Waals surface area contributed by atoms with Crippen LogP contribution in [0.4, 0.5) is 11.4 Å². The van der Waals surface area contributed by atoms with E-state index in [1.807, 2.05) is 0 Å². The number of aldehydes is 1. The molecule has 192 valence electrons. The van der Waals surface area contributed by atoms with E-state index >= 15 is 0 Å². The number of nitro groups is 1. The fraction of sp³-hybridized carbons (Fsp3) is 0.231. The number of amides is 1. The van der Waals surface area contributed by atoms with Crippen LogP contribution in [-0.2, 0) is 22.4 Å². The summed E-state index contributed by atoms with van der Waals surface area (Å²) in [6, 6.07) is 11.8. The number of anilines is 1. The fourth-order valence-electron chi connectivity index (χ4n) is 4.61. The van der Waals surface area contributed by atoms with E-state index in [1.54, 1.807) is 30.3 Å². The molecule has 0 radical (unpaired) electrons. The van der Waals surface area contributed by atoms with Crippen LogP contribution in [0.15, 0.2) is 52.9 Å². The number of phenols is 1. The van der Waals surface area contributed by atoms with Crippen LogP contribution in [0.25, 0.3) is 21.9 Å². The smallest absolute Gasteiger partial charge is 0.297 e. The Kier molecular flexibility index (Phi) is 7.37. The zero-order valence-corrected chi connectivity index (χ0v) is 19.9. The molecule has 1 atom stereocenters. The SMILES string of the molecule is CO.NC(Cc1ccc(O)cc1)C(=O)N1CCc2c1c([N+](=O)[O-])cc1oc3ccc(OCC=O)cc3c21. The van der Waals surface area contributed by atoms with Crippen molar-refractivity contribution in [3.63, 3.8) is 0 Å². The number of aliphatic hydroxyl groups excluding tert-OH is 1. The number of carbonyl (C=O) groups excluding carboxylic acids is 2. The van der Waals surface area contributed by atoms with Crippen molar-refractivity contribution in [1.29, 1.82) is 0 Å². The maximum atomic E-state index is 13.3. The number of nitrogens with two attached hydrogens (primary N) is 1. The number of furan rings is 1. The van der Waals surface area contributed by atoms with Crippen LogP contribution in [0.3, 0.4) is 0 Å². The Morgan fingerprint density at radius 2 is 1.95 bits per heavy atom. The quantitative estimate of drug-likeness (QED) is 0.193. The number of rotatable bonds is 7. The van der Waals surface area contributed by atoms with Gasteiger partial charge < -0.3 is 30.0 Å². The molecule has 5 rings (SSSR count). The van der Waals surface area contributed by atoms with Gasteiger partial charge in [0, 0.05) is 24.4 Å². The van der Waals surface area contributed by atoms with Crippen LogP contribution >= 0.6 is 0 Å². The summed E-state index contributed by atoms with van der Waals surface area (Å²) < 4.78 is 11.3. The van der Waals surface area contributed by atoms with Crippen molar-refractivity contribution in [3.8, 4) is 11.5 Å². The highest BCUT2D eigenvalue weighted by Crippen LogP contribution is 2.46. The molecule has 11 nitrogen and oxygen atoms in total. The molecule has 3 aromatic carbocycles. The third-order valence-corrected chi connectivity index (χ3v) is 6.13. The van der Waals surface area contributed by atoms with Gasteiger partial charge in [-0.05, 0) is 54.3 Å². The van der Waals surface area contributed by atoms with E-state index in [9.17, 15) is 24.8 Å². The first kappa shape index (κ1) is 25.6. The van der Waals surface area contributed by atoms with Crippen LogP contribution in [0.1, 0.15) is 11.1 Å². The molecule has 1 aliphatic rings. The van der Waals surface area contributed by atoms with E-state index < -0.39 is 16.9 Å². The van der Waals surface area contributed by atoms with Gasteiger partial charge in [-0.15, -0.1) is 0 Å². The van der Waals surface area contributed by atoms with Gasteiger partial charge in [-0.1, -0.05) is 12.1 Å². The third-order valence-electron chi connectivity index (χ3n) is 6.13. The van der Waals surface area contributed by atoms with Crippen molar-refractivity contribution in [3.05, 3.63) is 69.8 Å². The van der Waals surface area contributed by atoms with Crippen molar-refractivity contribution in [2.24, 2.45) is 5.73 Å². The lowest BCUT2D eigenvalue weighted by molar-refractivity contribution is -0.384. The van der Waals surface area contributed by atoms with Gasteiger partial charge in [0.05, 0.1) is 17.0 Å². The van der Waals surface area contributed by atoms with E-state index in [0.717, 1.165) is 12.7 Å². The van der Waals surface area contributed by atoms with Crippen molar-refractivity contribution >= 4 is 45.5 Å². The van der Waals surface area contributed by atoms with Crippen LogP contribution in [0.5, 0.6) is 11.5 Å². The van der Waals surface area contributed by atoms with Crippen molar-refractivity contribution in [2.75, 3.05) is 25.2 Å². The normalized spacial score (nSPS) is 13.1. The Hall–Kier alpha value is -4.48. The number of nitro benzene ring substituents is 1. The summed E-state index contributed by atoms with van der Waals surface area (Å²) in [5.41, 5.74) is 8.44. The second-order valence-corrected chi connectivity index (χ2v) is 8.31. The maximum absolute atomic E-state index is 13.3. The Morgan fingerprint density at radius 1 is 1.22 bits per heavy atom. The van der Waals surface area contributed by atoms with Crippen molar-refractivity contribution in [2.45, 2.75) is 18.9 Å². The largest absolute Gasteiger partial charge is 0.508 e. The van der Waals surface area contributed by atoms with Crippen LogP contribution in [0, 0.1) is 10.1 Å². The first-order valence-electron chi connectivity index (χ1n) is 11.4. The zero-order chi connectivity index (χ0) is 26.7. The molecule has 11 heteroatoms. The number of carbonyl (C=O) groups is 2. The van der Waals surface area contributed by atoms with Crippen LogP contribution in [0.2, 0.25) is 0 Å². The molecule has 0 saturated carbocycles. The molecule has 2 heterocycles. The van der Waals surface area contributed by atoms with Gasteiger partial charge in [-0.2, -0.15) is 0 Å². The second-order valence-electron chi connectivity index (χ2n) is 8.31. The highest BCUT2D eigenvalue weighted by molar-refractivity contribution is 6.13. The molecule has 1 aromatic heterocycles. The summed E-state index contributed by atoms with van der Waals surface area (Å²) in [7, 11) is 1.00. The molecule has 0 fully saturated rings. The number of fused-ring (bicyclic) bond motifs is 5. The summed E-state index contributed by atoms with van der Waals surface area (Å²) in [5.74, 6) is 0.136. The second kappa shape index (κ2) is 10.6. The molecule has 0 bridgehead atoms. The number of nitrogens with zero attached hydrogens (tertiary/aromatic N) is 2. The molecule has 1 amide bonds. The average molecular weight is 507 g/mol. The first-order chi connectivity index (χ1) is 17.9. The lowest BCUT2D eigenvalue weighted by atomic mass is 10.0. The predicted molar refractivity (Wildman–Crippen MR) is 136 cm³/mol. The summed E-state index contributed by atoms with van der Waals surface area (Å²) in [6.07, 6.45) is 1.25. The lowest BCUT2D eigenvalue weighted by Gasteiger charge is -2.21. The predicted octanol–water partition coefficient (Wildman–Crippen LogP) is 2.85. The average Bonchev–Trinajstić information content (AvgIpc) is 3.50. The van der Waals surface area contributed by atoms with Gasteiger partial charge in [0.1, 0.15) is 35.0 Å². The maximum Gasteiger partial charge on any atom is 0.297 e. The molecule has 1 aliphatic heterocycles. The number of benzene rings is 3. The number of phenolic OH excluding ortho intramolecular Hbond substituents is 1. The first-order valence-corrected chi connectivity index (χ1v) is 11.4. The number of ether oxygens (including phenoxy) is 1. The highest BCUT2D eigenvalue weighted by Gasteiger charge is 2.37. The molecular weight excluding hydrogens is 482 g/mol. The third kappa shape index (κ3) is 4.82. The minimum absolute atomic E-state index is 0.105. The monoisotopic (exact) mass is 507 g/mol. The summed E-state index contributed by atoms with van der Waals surface area (Å²) in [4.78, 5) is 36.8. The number of hydrogen-bond acceptors (Lipinski definition) is 9. The minimum atomic E-state index is -0.926. The molecular formula is C26H25N3O8. The standard InChI is InChI=1S/C25H21N3O7.CH4O/c26-19(11-14-1-3-15(30)4-2-14)25(31)27-8-7-17-23-18-12-16(34-10-9-29)5-6-21(18)35-22(23)13-20(24(17)27)28(32)33;1-2/h1-6,9,12-13,19,30H,7-8,10-11,26H2;2H,1H3. The Bertz CT molecular complexity index is 1480. The van der Waals surface area contributed by atoms with E-state index in [4.69, 9.17) is 20.0 Å². The molecule has 4 N–H and O–H groups in total. The summed E-state index contributed by atoms with van der Waals surface area (Å²) in [6.45, 7) is 0.136. The molecule has 0 spiro atoms. The molecule has 4 aromatic rings.